The zero-order valence-corrected chi connectivity index (χ0v) is 7.67. The highest BCUT2D eigenvalue weighted by atomic mass is 19.1. The first-order chi connectivity index (χ1) is 7.04. The fraction of sp³-hybridized carbons (Fsp3) is 0.333. The van der Waals surface area contributed by atoms with Gasteiger partial charge in [0.2, 0.25) is 0 Å². The van der Waals surface area contributed by atoms with Gasteiger partial charge in [-0.25, -0.2) is 13.2 Å². The summed E-state index contributed by atoms with van der Waals surface area (Å²) in [5.74, 6) is -3.19. The Kier molecular flexibility index (Phi) is 3.93. The number of aliphatic hydroxyl groups excluding tert-OH is 2. The van der Waals surface area contributed by atoms with Crippen molar-refractivity contribution in [2.45, 2.75) is 6.10 Å². The molecule has 0 spiro atoms. The van der Waals surface area contributed by atoms with E-state index in [4.69, 9.17) is 10.2 Å². The van der Waals surface area contributed by atoms with E-state index in [-0.39, 0.29) is 6.54 Å². The van der Waals surface area contributed by atoms with Crippen molar-refractivity contribution >= 4 is 5.69 Å². The molecular weight excluding hydrogens is 211 g/mol. The molecule has 0 aromatic heterocycles. The minimum Gasteiger partial charge on any atom is -0.394 e. The van der Waals surface area contributed by atoms with Crippen molar-refractivity contribution in [1.82, 2.24) is 0 Å². The van der Waals surface area contributed by atoms with Gasteiger partial charge in [0, 0.05) is 18.7 Å². The summed E-state index contributed by atoms with van der Waals surface area (Å²) in [6.45, 7) is -0.757. The molecule has 0 amide bonds. The van der Waals surface area contributed by atoms with Crippen LogP contribution < -0.4 is 5.32 Å². The zero-order chi connectivity index (χ0) is 11.4. The highest BCUT2D eigenvalue weighted by Gasteiger charge is 2.12. The largest absolute Gasteiger partial charge is 0.394 e. The summed E-state index contributed by atoms with van der Waals surface area (Å²) >= 11 is 0. The summed E-state index contributed by atoms with van der Waals surface area (Å²) in [4.78, 5) is 0. The van der Waals surface area contributed by atoms with Crippen molar-refractivity contribution in [2.24, 2.45) is 0 Å². The van der Waals surface area contributed by atoms with Gasteiger partial charge in [0.05, 0.1) is 12.7 Å². The normalized spacial score (nSPS) is 12.6. The van der Waals surface area contributed by atoms with Crippen LogP contribution in [-0.2, 0) is 0 Å². The average molecular weight is 221 g/mol. The fourth-order valence-electron chi connectivity index (χ4n) is 0.996. The van der Waals surface area contributed by atoms with Crippen molar-refractivity contribution < 1.29 is 23.4 Å². The Labute approximate surface area is 84.2 Å². The molecule has 0 fully saturated rings. The van der Waals surface area contributed by atoms with Crippen molar-refractivity contribution in [3.63, 3.8) is 0 Å². The minimum atomic E-state index is -1.13. The number of halogens is 3. The van der Waals surface area contributed by atoms with E-state index in [1.807, 2.05) is 0 Å². The van der Waals surface area contributed by atoms with Crippen LogP contribution in [0.3, 0.4) is 0 Å². The van der Waals surface area contributed by atoms with Gasteiger partial charge < -0.3 is 15.5 Å². The molecular formula is C9H10F3NO2. The molecule has 1 aromatic carbocycles. The number of rotatable bonds is 4. The van der Waals surface area contributed by atoms with Gasteiger partial charge >= 0.3 is 0 Å². The van der Waals surface area contributed by atoms with E-state index >= 15 is 0 Å². The Hall–Kier alpha value is -1.27. The molecule has 0 saturated heterocycles. The van der Waals surface area contributed by atoms with Gasteiger partial charge in [-0.05, 0) is 0 Å². The van der Waals surface area contributed by atoms with Gasteiger partial charge in [-0.3, -0.25) is 0 Å². The maximum Gasteiger partial charge on any atom is 0.152 e. The number of aliphatic hydroxyl groups is 2. The van der Waals surface area contributed by atoms with Gasteiger partial charge in [0.15, 0.2) is 11.6 Å². The molecule has 0 aliphatic heterocycles. The molecule has 0 aliphatic carbocycles. The van der Waals surface area contributed by atoms with Gasteiger partial charge in [0.1, 0.15) is 11.5 Å². The van der Waals surface area contributed by atoms with Crippen LogP contribution in [0.2, 0.25) is 0 Å². The molecule has 3 nitrogen and oxygen atoms in total. The van der Waals surface area contributed by atoms with Gasteiger partial charge in [-0.2, -0.15) is 0 Å². The summed E-state index contributed by atoms with van der Waals surface area (Å²) in [7, 11) is 0. The second kappa shape index (κ2) is 4.99. The second-order valence-corrected chi connectivity index (χ2v) is 2.96. The minimum absolute atomic E-state index is 0.226. The first kappa shape index (κ1) is 11.8. The van der Waals surface area contributed by atoms with Crippen molar-refractivity contribution in [3.05, 3.63) is 29.6 Å². The van der Waals surface area contributed by atoms with Gasteiger partial charge in [0.25, 0.3) is 0 Å². The summed E-state index contributed by atoms with van der Waals surface area (Å²) in [5.41, 5.74) is -0.524. The molecule has 1 rings (SSSR count). The highest BCUT2D eigenvalue weighted by molar-refractivity contribution is 5.46. The predicted molar refractivity (Wildman–Crippen MR) is 47.9 cm³/mol. The Morgan fingerprint density at radius 2 is 1.73 bits per heavy atom. The lowest BCUT2D eigenvalue weighted by atomic mass is 10.2. The first-order valence-electron chi connectivity index (χ1n) is 4.22. The van der Waals surface area contributed by atoms with Crippen molar-refractivity contribution in [2.75, 3.05) is 18.5 Å². The average Bonchev–Trinajstić information content (AvgIpc) is 2.15. The van der Waals surface area contributed by atoms with E-state index in [0.29, 0.717) is 12.1 Å². The van der Waals surface area contributed by atoms with E-state index in [9.17, 15) is 13.2 Å². The van der Waals surface area contributed by atoms with Crippen LogP contribution in [0.4, 0.5) is 18.9 Å². The molecule has 0 saturated carbocycles. The predicted octanol–water partition coefficient (Wildman–Crippen LogP) is 0.869. The van der Waals surface area contributed by atoms with Gasteiger partial charge in [-0.1, -0.05) is 0 Å². The molecule has 0 unspecified atom stereocenters. The maximum atomic E-state index is 13.0. The third kappa shape index (κ3) is 3.10. The monoisotopic (exact) mass is 221 g/mol. The van der Waals surface area contributed by atoms with E-state index in [1.165, 1.54) is 0 Å². The lowest BCUT2D eigenvalue weighted by molar-refractivity contribution is 0.105. The Balaban J connectivity index is 2.77. The van der Waals surface area contributed by atoms with Crippen molar-refractivity contribution in [1.29, 1.82) is 0 Å². The Morgan fingerprint density at radius 3 is 2.20 bits per heavy atom. The topological polar surface area (TPSA) is 52.5 Å². The van der Waals surface area contributed by atoms with Crippen LogP contribution in [0.25, 0.3) is 0 Å². The van der Waals surface area contributed by atoms with Crippen LogP contribution >= 0.6 is 0 Å². The zero-order valence-electron chi connectivity index (χ0n) is 7.67. The maximum absolute atomic E-state index is 13.0. The molecule has 1 atom stereocenters. The smallest absolute Gasteiger partial charge is 0.152 e. The molecule has 1 aromatic rings. The molecule has 0 bridgehead atoms. The van der Waals surface area contributed by atoms with Crippen LogP contribution in [0.15, 0.2) is 12.1 Å². The molecule has 84 valence electrons. The summed E-state index contributed by atoms with van der Waals surface area (Å²) < 4.78 is 38.4. The second-order valence-electron chi connectivity index (χ2n) is 2.96. The molecule has 3 N–H and O–H groups in total. The molecule has 6 heteroatoms. The number of nitrogens with one attached hydrogen (secondary N) is 1. The van der Waals surface area contributed by atoms with Crippen molar-refractivity contribution in [3.8, 4) is 0 Å². The van der Waals surface area contributed by atoms with E-state index in [1.54, 1.807) is 0 Å². The van der Waals surface area contributed by atoms with Crippen LogP contribution in [0.5, 0.6) is 0 Å². The highest BCUT2D eigenvalue weighted by Crippen LogP contribution is 2.19. The van der Waals surface area contributed by atoms with Crippen LogP contribution in [0.1, 0.15) is 0 Å². The third-order valence-corrected chi connectivity index (χ3v) is 1.73. The number of hydrogen-bond donors (Lipinski definition) is 3. The number of hydrogen-bond acceptors (Lipinski definition) is 3. The Bertz CT molecular complexity index is 323. The number of anilines is 1. The van der Waals surface area contributed by atoms with E-state index < -0.39 is 35.8 Å². The molecule has 0 heterocycles. The molecule has 0 radical (unpaired) electrons. The fourth-order valence-corrected chi connectivity index (χ4v) is 0.996. The lowest BCUT2D eigenvalue weighted by Crippen LogP contribution is -2.23. The van der Waals surface area contributed by atoms with Crippen LogP contribution in [0, 0.1) is 17.5 Å². The lowest BCUT2D eigenvalue weighted by Gasteiger charge is -2.11. The third-order valence-electron chi connectivity index (χ3n) is 1.73. The van der Waals surface area contributed by atoms with E-state index in [2.05, 4.69) is 5.32 Å². The van der Waals surface area contributed by atoms with Crippen LogP contribution in [-0.4, -0.2) is 29.5 Å². The number of benzene rings is 1. The van der Waals surface area contributed by atoms with Gasteiger partial charge in [-0.15, -0.1) is 0 Å². The quantitative estimate of drug-likeness (QED) is 0.707. The van der Waals surface area contributed by atoms with E-state index in [0.717, 1.165) is 0 Å². The first-order valence-corrected chi connectivity index (χ1v) is 4.22. The summed E-state index contributed by atoms with van der Waals surface area (Å²) in [5, 5.41) is 19.6. The molecule has 15 heavy (non-hydrogen) atoms. The SMILES string of the molecule is OC[C@@H](O)CNc1c(F)cc(F)cc1F. The standard InChI is InChI=1S/C9H10F3NO2/c10-5-1-7(11)9(8(12)2-5)13-3-6(15)4-14/h1-2,6,13-15H,3-4H2/t6-/m0/s1. The summed E-state index contributed by atoms with van der Waals surface area (Å²) in [6.07, 6.45) is -1.13. The molecule has 0 aliphatic rings. The summed E-state index contributed by atoms with van der Waals surface area (Å²) in [6, 6.07) is 1.05. The Morgan fingerprint density at radius 1 is 1.20 bits per heavy atom.